The molecular weight excluding hydrogens is 508 g/mol. The minimum absolute atomic E-state index is 0.0554. The van der Waals surface area contributed by atoms with Crippen LogP contribution < -0.4 is 9.47 Å². The van der Waals surface area contributed by atoms with Gasteiger partial charge in [-0.2, -0.15) is 0 Å². The number of fused-ring (bicyclic) bond motifs is 1. The first kappa shape index (κ1) is 27.2. The van der Waals surface area contributed by atoms with E-state index in [2.05, 4.69) is 0 Å². The molecule has 0 aliphatic carbocycles. The van der Waals surface area contributed by atoms with Crippen LogP contribution in [0, 0.1) is 0 Å². The van der Waals surface area contributed by atoms with E-state index < -0.39 is 28.6 Å². The van der Waals surface area contributed by atoms with Crippen molar-refractivity contribution >= 4 is 21.9 Å². The van der Waals surface area contributed by atoms with Crippen molar-refractivity contribution in [1.82, 2.24) is 9.21 Å². The summed E-state index contributed by atoms with van der Waals surface area (Å²) in [6, 6.07) is 18.5. The molecule has 0 saturated carbocycles. The molecule has 0 bridgehead atoms. The summed E-state index contributed by atoms with van der Waals surface area (Å²) >= 11 is 0. The molecule has 1 atom stereocenters. The SMILES string of the molecule is COc1cc2c(cc1OC)[C@@H](c1ccccc1)N(C(=O)COC(=O)c1ccc(S(=O)(=O)N(C)C)cc1)CC2. The topological polar surface area (TPSA) is 102 Å². The van der Waals surface area contributed by atoms with Crippen molar-refractivity contribution in [1.29, 1.82) is 0 Å². The van der Waals surface area contributed by atoms with Crippen LogP contribution in [-0.4, -0.2) is 71.0 Å². The van der Waals surface area contributed by atoms with Crippen LogP contribution >= 0.6 is 0 Å². The summed E-state index contributed by atoms with van der Waals surface area (Å²) in [6.07, 6.45) is 0.598. The molecule has 4 rings (SSSR count). The lowest BCUT2D eigenvalue weighted by Gasteiger charge is -2.38. The van der Waals surface area contributed by atoms with Gasteiger partial charge in [-0.15, -0.1) is 0 Å². The number of carbonyl (C=O) groups is 2. The lowest BCUT2D eigenvalue weighted by Crippen LogP contribution is -2.42. The maximum atomic E-state index is 13.4. The molecule has 0 unspecified atom stereocenters. The second-order valence-corrected chi connectivity index (χ2v) is 11.1. The third-order valence-corrected chi connectivity index (χ3v) is 8.33. The van der Waals surface area contributed by atoms with Crippen LogP contribution in [-0.2, 0) is 26.0 Å². The fourth-order valence-electron chi connectivity index (χ4n) is 4.48. The first-order chi connectivity index (χ1) is 18.2. The normalized spacial score (nSPS) is 15.1. The van der Waals surface area contributed by atoms with Crippen molar-refractivity contribution in [3.63, 3.8) is 0 Å². The zero-order valence-electron chi connectivity index (χ0n) is 21.7. The molecule has 10 heteroatoms. The number of hydrogen-bond acceptors (Lipinski definition) is 7. The third kappa shape index (κ3) is 5.36. The molecule has 1 heterocycles. The standard InChI is InChI=1S/C28H30N2O7S/c1-29(2)38(33,34)22-12-10-20(11-13-22)28(32)37-18-26(31)30-15-14-21-16-24(35-3)25(36-4)17-23(21)27(30)19-8-6-5-7-9-19/h5-13,16-17,27H,14-15,18H2,1-4H3/t27-/m1/s1. The molecule has 3 aromatic rings. The van der Waals surface area contributed by atoms with E-state index in [1.54, 1.807) is 19.1 Å². The Bertz CT molecular complexity index is 1420. The number of esters is 1. The van der Waals surface area contributed by atoms with E-state index in [9.17, 15) is 18.0 Å². The Labute approximate surface area is 222 Å². The summed E-state index contributed by atoms with van der Waals surface area (Å²) in [7, 11) is 2.38. The van der Waals surface area contributed by atoms with Crippen LogP contribution in [0.2, 0.25) is 0 Å². The van der Waals surface area contributed by atoms with Crippen LogP contribution in [0.25, 0.3) is 0 Å². The molecule has 0 spiro atoms. The summed E-state index contributed by atoms with van der Waals surface area (Å²) in [5, 5.41) is 0. The Morgan fingerprint density at radius 1 is 0.947 bits per heavy atom. The maximum absolute atomic E-state index is 13.4. The predicted octanol–water partition coefficient (Wildman–Crippen LogP) is 3.29. The highest BCUT2D eigenvalue weighted by molar-refractivity contribution is 7.89. The predicted molar refractivity (Wildman–Crippen MR) is 141 cm³/mol. The fraction of sp³-hybridized carbons (Fsp3) is 0.286. The molecule has 9 nitrogen and oxygen atoms in total. The molecule has 1 amide bonds. The Morgan fingerprint density at radius 3 is 2.18 bits per heavy atom. The van der Waals surface area contributed by atoms with Gasteiger partial charge in [-0.05, 0) is 59.5 Å². The van der Waals surface area contributed by atoms with E-state index in [4.69, 9.17) is 14.2 Å². The molecule has 0 fully saturated rings. The second kappa shape index (κ2) is 11.2. The number of sulfonamides is 1. The zero-order valence-corrected chi connectivity index (χ0v) is 22.5. The van der Waals surface area contributed by atoms with Gasteiger partial charge in [0.2, 0.25) is 10.0 Å². The number of benzene rings is 3. The fourth-order valence-corrected chi connectivity index (χ4v) is 5.38. The van der Waals surface area contributed by atoms with Gasteiger partial charge in [0, 0.05) is 20.6 Å². The van der Waals surface area contributed by atoms with Crippen LogP contribution in [0.5, 0.6) is 11.5 Å². The lowest BCUT2D eigenvalue weighted by atomic mass is 9.87. The van der Waals surface area contributed by atoms with Crippen molar-refractivity contribution in [2.24, 2.45) is 0 Å². The molecule has 1 aliphatic heterocycles. The highest BCUT2D eigenvalue weighted by atomic mass is 32.2. The Balaban J connectivity index is 1.55. The molecule has 0 saturated heterocycles. The van der Waals surface area contributed by atoms with Crippen molar-refractivity contribution in [2.45, 2.75) is 17.4 Å². The summed E-state index contributed by atoms with van der Waals surface area (Å²) in [5.41, 5.74) is 3.02. The summed E-state index contributed by atoms with van der Waals surface area (Å²) in [6.45, 7) is -0.0297. The van der Waals surface area contributed by atoms with Gasteiger partial charge in [-0.1, -0.05) is 30.3 Å². The number of hydrogen-bond donors (Lipinski definition) is 0. The first-order valence-electron chi connectivity index (χ1n) is 12.0. The number of amides is 1. The highest BCUT2D eigenvalue weighted by Crippen LogP contribution is 2.41. The van der Waals surface area contributed by atoms with Gasteiger partial charge >= 0.3 is 5.97 Å². The van der Waals surface area contributed by atoms with Gasteiger partial charge in [0.25, 0.3) is 5.91 Å². The molecule has 200 valence electrons. The van der Waals surface area contributed by atoms with Crippen molar-refractivity contribution in [2.75, 3.05) is 41.5 Å². The molecule has 3 aromatic carbocycles. The van der Waals surface area contributed by atoms with Gasteiger partial charge < -0.3 is 19.1 Å². The van der Waals surface area contributed by atoms with E-state index in [1.165, 1.54) is 38.4 Å². The van der Waals surface area contributed by atoms with Crippen molar-refractivity contribution in [3.05, 3.63) is 89.0 Å². The van der Waals surface area contributed by atoms with E-state index in [-0.39, 0.29) is 16.4 Å². The molecular formula is C28H30N2O7S. The summed E-state index contributed by atoms with van der Waals surface area (Å²) in [4.78, 5) is 27.8. The summed E-state index contributed by atoms with van der Waals surface area (Å²) < 4.78 is 41.9. The minimum atomic E-state index is -3.62. The van der Waals surface area contributed by atoms with Crippen LogP contribution in [0.1, 0.15) is 33.1 Å². The van der Waals surface area contributed by atoms with Gasteiger partial charge in [0.15, 0.2) is 18.1 Å². The first-order valence-corrected chi connectivity index (χ1v) is 13.4. The van der Waals surface area contributed by atoms with Gasteiger partial charge in [-0.3, -0.25) is 4.79 Å². The number of nitrogens with zero attached hydrogens (tertiary/aromatic N) is 2. The molecule has 38 heavy (non-hydrogen) atoms. The second-order valence-electron chi connectivity index (χ2n) is 8.94. The Morgan fingerprint density at radius 2 is 1.58 bits per heavy atom. The average molecular weight is 539 g/mol. The van der Waals surface area contributed by atoms with Crippen LogP contribution in [0.15, 0.2) is 71.6 Å². The highest BCUT2D eigenvalue weighted by Gasteiger charge is 2.33. The maximum Gasteiger partial charge on any atom is 0.338 e. The molecule has 0 aromatic heterocycles. The van der Waals surface area contributed by atoms with Crippen LogP contribution in [0.4, 0.5) is 0 Å². The van der Waals surface area contributed by atoms with Gasteiger partial charge in [-0.25, -0.2) is 17.5 Å². The van der Waals surface area contributed by atoms with Gasteiger partial charge in [0.1, 0.15) is 0 Å². The smallest absolute Gasteiger partial charge is 0.338 e. The number of rotatable bonds is 8. The average Bonchev–Trinajstić information content (AvgIpc) is 2.94. The molecule has 1 aliphatic rings. The number of carbonyl (C=O) groups excluding carboxylic acids is 2. The monoisotopic (exact) mass is 538 g/mol. The van der Waals surface area contributed by atoms with Crippen molar-refractivity contribution in [3.8, 4) is 11.5 Å². The zero-order chi connectivity index (χ0) is 27.4. The van der Waals surface area contributed by atoms with E-state index in [1.807, 2.05) is 42.5 Å². The van der Waals surface area contributed by atoms with E-state index in [0.717, 1.165) is 21.0 Å². The van der Waals surface area contributed by atoms with Crippen LogP contribution in [0.3, 0.4) is 0 Å². The molecule has 0 radical (unpaired) electrons. The lowest BCUT2D eigenvalue weighted by molar-refractivity contribution is -0.136. The van der Waals surface area contributed by atoms with E-state index in [0.29, 0.717) is 24.5 Å². The minimum Gasteiger partial charge on any atom is -0.493 e. The van der Waals surface area contributed by atoms with E-state index >= 15 is 0 Å². The molecule has 0 N–H and O–H groups in total. The quantitative estimate of drug-likeness (QED) is 0.406. The Kier molecular flexibility index (Phi) is 8.03. The number of methoxy groups -OCH3 is 2. The van der Waals surface area contributed by atoms with Crippen molar-refractivity contribution < 1.29 is 32.2 Å². The largest absolute Gasteiger partial charge is 0.493 e. The van der Waals surface area contributed by atoms with Gasteiger partial charge in [0.05, 0.1) is 30.7 Å². The Hall–Kier alpha value is -3.89. The number of ether oxygens (including phenoxy) is 3. The summed E-state index contributed by atoms with van der Waals surface area (Å²) in [5.74, 6) is 0.121. The third-order valence-electron chi connectivity index (χ3n) is 6.50.